The second kappa shape index (κ2) is 10.1. The van der Waals surface area contributed by atoms with Crippen molar-refractivity contribution in [2.24, 2.45) is 5.92 Å². The molecule has 1 unspecified atom stereocenters. The topological polar surface area (TPSA) is 76.1 Å². The molecule has 1 fully saturated rings. The van der Waals surface area contributed by atoms with Gasteiger partial charge in [-0.05, 0) is 60.7 Å². The molecular formula is C27H27NO5S. The molecule has 2 heterocycles. The lowest BCUT2D eigenvalue weighted by atomic mass is 9.99. The van der Waals surface area contributed by atoms with Gasteiger partial charge in [0.1, 0.15) is 23.3 Å². The molecule has 6 nitrogen and oxygen atoms in total. The number of ketones is 1. The van der Waals surface area contributed by atoms with Crippen LogP contribution >= 0.6 is 11.3 Å². The van der Waals surface area contributed by atoms with Crippen molar-refractivity contribution in [3.63, 3.8) is 0 Å². The van der Waals surface area contributed by atoms with Crippen molar-refractivity contribution in [2.75, 3.05) is 18.1 Å². The Hall–Kier alpha value is -3.58. The lowest BCUT2D eigenvalue weighted by molar-refractivity contribution is -0.132. The van der Waals surface area contributed by atoms with Crippen LogP contribution in [0.2, 0.25) is 0 Å². The minimum Gasteiger partial charge on any atom is -0.507 e. The smallest absolute Gasteiger partial charge is 0.300 e. The highest BCUT2D eigenvalue weighted by Crippen LogP contribution is 2.44. The number of Topliss-reactive ketones (excluding diaryl/α,β-unsaturated/α-hetero) is 1. The van der Waals surface area contributed by atoms with Crippen molar-refractivity contribution in [1.29, 1.82) is 0 Å². The highest BCUT2D eigenvalue weighted by molar-refractivity contribution is 7.10. The van der Waals surface area contributed by atoms with Crippen molar-refractivity contribution >= 4 is 34.5 Å². The van der Waals surface area contributed by atoms with E-state index in [9.17, 15) is 14.7 Å². The van der Waals surface area contributed by atoms with Crippen LogP contribution in [0.25, 0.3) is 5.76 Å². The van der Waals surface area contributed by atoms with Gasteiger partial charge >= 0.3 is 0 Å². The van der Waals surface area contributed by atoms with Crippen LogP contribution in [0, 0.1) is 5.92 Å². The lowest BCUT2D eigenvalue weighted by Crippen LogP contribution is -2.29. The molecule has 0 spiro atoms. The molecule has 1 aromatic heterocycles. The van der Waals surface area contributed by atoms with Gasteiger partial charge in [0, 0.05) is 22.2 Å². The van der Waals surface area contributed by atoms with E-state index in [1.165, 1.54) is 16.2 Å². The van der Waals surface area contributed by atoms with E-state index in [0.717, 1.165) is 4.88 Å². The zero-order chi connectivity index (χ0) is 24.2. The number of aliphatic hydroxyl groups excluding tert-OH is 1. The molecule has 1 aliphatic rings. The Morgan fingerprint density at radius 3 is 2.44 bits per heavy atom. The van der Waals surface area contributed by atoms with E-state index in [4.69, 9.17) is 9.47 Å². The fourth-order valence-corrected chi connectivity index (χ4v) is 4.66. The summed E-state index contributed by atoms with van der Waals surface area (Å²) in [5.41, 5.74) is 1.03. The summed E-state index contributed by atoms with van der Waals surface area (Å²) >= 11 is 1.42. The fraction of sp³-hybridized carbons (Fsp3) is 0.259. The van der Waals surface area contributed by atoms with Crippen molar-refractivity contribution in [2.45, 2.75) is 26.8 Å². The van der Waals surface area contributed by atoms with E-state index < -0.39 is 17.7 Å². The maximum absolute atomic E-state index is 13.2. The van der Waals surface area contributed by atoms with Gasteiger partial charge in [-0.1, -0.05) is 26.0 Å². The Labute approximate surface area is 203 Å². The number of ether oxygens (including phenoxy) is 2. The molecule has 0 bridgehead atoms. The number of hydrogen-bond acceptors (Lipinski definition) is 6. The van der Waals surface area contributed by atoms with E-state index in [-0.39, 0.29) is 11.3 Å². The molecule has 1 saturated heterocycles. The first-order valence-electron chi connectivity index (χ1n) is 11.2. The van der Waals surface area contributed by atoms with Crippen molar-refractivity contribution < 1.29 is 24.2 Å². The monoisotopic (exact) mass is 477 g/mol. The molecule has 1 atom stereocenters. The Morgan fingerprint density at radius 1 is 1.03 bits per heavy atom. The first-order chi connectivity index (χ1) is 16.4. The van der Waals surface area contributed by atoms with E-state index in [0.29, 0.717) is 41.9 Å². The molecule has 1 aliphatic heterocycles. The van der Waals surface area contributed by atoms with Gasteiger partial charge in [-0.15, -0.1) is 11.3 Å². The molecule has 3 aromatic rings. The lowest BCUT2D eigenvalue weighted by Gasteiger charge is -2.24. The second-order valence-corrected chi connectivity index (χ2v) is 9.32. The molecule has 4 rings (SSSR count). The van der Waals surface area contributed by atoms with Gasteiger partial charge < -0.3 is 14.6 Å². The largest absolute Gasteiger partial charge is 0.507 e. The van der Waals surface area contributed by atoms with Crippen LogP contribution < -0.4 is 14.4 Å². The summed E-state index contributed by atoms with van der Waals surface area (Å²) in [5, 5.41) is 13.1. The molecule has 0 saturated carbocycles. The van der Waals surface area contributed by atoms with Crippen LogP contribution in [0.1, 0.15) is 37.3 Å². The van der Waals surface area contributed by atoms with Gasteiger partial charge in [0.15, 0.2) is 0 Å². The zero-order valence-corrected chi connectivity index (χ0v) is 20.2. The number of amides is 1. The molecule has 7 heteroatoms. The summed E-state index contributed by atoms with van der Waals surface area (Å²) in [6, 6.07) is 16.9. The Balaban J connectivity index is 1.77. The number of rotatable bonds is 8. The third-order valence-corrected chi connectivity index (χ3v) is 6.30. The molecule has 34 heavy (non-hydrogen) atoms. The molecule has 2 aromatic carbocycles. The van der Waals surface area contributed by atoms with Crippen molar-refractivity contribution in [3.8, 4) is 11.5 Å². The molecule has 176 valence electrons. The molecular weight excluding hydrogens is 450 g/mol. The SMILES string of the molecule is CCOc1cccc(N2C(=O)C(=O)/C(=C(\O)c3ccc(OCC(C)C)cc3)C2c2cccs2)c1. The number of hydrogen-bond donors (Lipinski definition) is 1. The van der Waals surface area contributed by atoms with E-state index in [2.05, 4.69) is 13.8 Å². The van der Waals surface area contributed by atoms with Gasteiger partial charge in [-0.3, -0.25) is 14.5 Å². The van der Waals surface area contributed by atoms with Gasteiger partial charge in [0.05, 0.1) is 18.8 Å². The van der Waals surface area contributed by atoms with Crippen LogP contribution in [0.3, 0.4) is 0 Å². The highest BCUT2D eigenvalue weighted by atomic mass is 32.1. The number of benzene rings is 2. The van der Waals surface area contributed by atoms with Gasteiger partial charge in [-0.2, -0.15) is 0 Å². The Kier molecular flexibility index (Phi) is 7.03. The summed E-state index contributed by atoms with van der Waals surface area (Å²) in [4.78, 5) is 28.6. The third-order valence-electron chi connectivity index (χ3n) is 5.37. The average Bonchev–Trinajstić information content (AvgIpc) is 3.45. The summed E-state index contributed by atoms with van der Waals surface area (Å²) in [6.45, 7) is 7.06. The van der Waals surface area contributed by atoms with Gasteiger partial charge in [0.25, 0.3) is 11.7 Å². The molecule has 0 aliphatic carbocycles. The zero-order valence-electron chi connectivity index (χ0n) is 19.4. The predicted molar refractivity (Wildman–Crippen MR) is 133 cm³/mol. The summed E-state index contributed by atoms with van der Waals surface area (Å²) in [6.07, 6.45) is 0. The maximum atomic E-state index is 13.2. The highest BCUT2D eigenvalue weighted by Gasteiger charge is 2.47. The van der Waals surface area contributed by atoms with Crippen LogP contribution in [-0.2, 0) is 9.59 Å². The normalized spacial score (nSPS) is 17.4. The standard InChI is InChI=1S/C27H27NO5S/c1-4-32-21-8-5-7-19(15-21)28-24(22-9-6-14-34-22)23(26(30)27(28)31)25(29)18-10-12-20(13-11-18)33-16-17(2)3/h5-15,17,24,29H,4,16H2,1-3H3/b25-23-. The number of carbonyl (C=O) groups is 2. The van der Waals surface area contributed by atoms with Gasteiger partial charge in [0.2, 0.25) is 0 Å². The maximum Gasteiger partial charge on any atom is 0.300 e. The fourth-order valence-electron chi connectivity index (χ4n) is 3.83. The number of nitrogens with zero attached hydrogens (tertiary/aromatic N) is 1. The van der Waals surface area contributed by atoms with E-state index in [1.807, 2.05) is 24.4 Å². The first kappa shape index (κ1) is 23.6. The molecule has 1 N–H and O–H groups in total. The quantitative estimate of drug-likeness (QED) is 0.252. The second-order valence-electron chi connectivity index (χ2n) is 8.34. The molecule has 1 amide bonds. The molecule has 0 radical (unpaired) electrons. The first-order valence-corrected chi connectivity index (χ1v) is 12.1. The van der Waals surface area contributed by atoms with Crippen LogP contribution in [0.4, 0.5) is 5.69 Å². The minimum atomic E-state index is -0.742. The van der Waals surface area contributed by atoms with Crippen LogP contribution in [0.5, 0.6) is 11.5 Å². The van der Waals surface area contributed by atoms with Crippen molar-refractivity contribution in [1.82, 2.24) is 0 Å². The van der Waals surface area contributed by atoms with E-state index in [1.54, 1.807) is 48.5 Å². The van der Waals surface area contributed by atoms with Crippen molar-refractivity contribution in [3.05, 3.63) is 82.1 Å². The number of thiophene rings is 1. The Morgan fingerprint density at radius 2 is 1.79 bits per heavy atom. The third kappa shape index (κ3) is 4.70. The Bertz CT molecular complexity index is 1200. The summed E-state index contributed by atoms with van der Waals surface area (Å²) in [5.74, 6) is 0.0344. The predicted octanol–water partition coefficient (Wildman–Crippen LogP) is 5.81. The number of anilines is 1. The van der Waals surface area contributed by atoms with Gasteiger partial charge in [-0.25, -0.2) is 0 Å². The number of aliphatic hydroxyl groups is 1. The minimum absolute atomic E-state index is 0.0603. The van der Waals surface area contributed by atoms with E-state index >= 15 is 0 Å². The van der Waals surface area contributed by atoms with Crippen LogP contribution in [0.15, 0.2) is 71.6 Å². The average molecular weight is 478 g/mol. The number of carbonyl (C=O) groups excluding carboxylic acids is 2. The van der Waals surface area contributed by atoms with Crippen LogP contribution in [-0.4, -0.2) is 30.0 Å². The summed E-state index contributed by atoms with van der Waals surface area (Å²) in [7, 11) is 0. The summed E-state index contributed by atoms with van der Waals surface area (Å²) < 4.78 is 11.3.